The number of nitrogens with one attached hydrogen (secondary N) is 1. The van der Waals surface area contributed by atoms with Crippen LogP contribution in [0.15, 0.2) is 73.2 Å². The molecule has 1 N–H and O–H groups in total. The number of aromatic nitrogens is 3. The van der Waals surface area contributed by atoms with Crippen LogP contribution in [0.25, 0.3) is 27.7 Å². The topological polar surface area (TPSA) is 62.5 Å². The fourth-order valence-corrected chi connectivity index (χ4v) is 5.31. The zero-order valence-electron chi connectivity index (χ0n) is 21.5. The van der Waals surface area contributed by atoms with Gasteiger partial charge in [-0.1, -0.05) is 18.2 Å². The summed E-state index contributed by atoms with van der Waals surface area (Å²) in [6.45, 7) is 3.65. The first-order valence-electron chi connectivity index (χ1n) is 13.3. The third kappa shape index (κ3) is 5.38. The summed E-state index contributed by atoms with van der Waals surface area (Å²) >= 11 is 0. The number of benzene rings is 2. The van der Waals surface area contributed by atoms with Crippen molar-refractivity contribution in [3.8, 4) is 11.1 Å². The summed E-state index contributed by atoms with van der Waals surface area (Å²) < 4.78 is 31.7. The summed E-state index contributed by atoms with van der Waals surface area (Å²) in [5.74, 6) is -1.58. The summed E-state index contributed by atoms with van der Waals surface area (Å²) in [5, 5.41) is 3.84. The minimum absolute atomic E-state index is 0.0180. The van der Waals surface area contributed by atoms with Crippen LogP contribution >= 0.6 is 0 Å². The molecule has 39 heavy (non-hydrogen) atoms. The zero-order valence-corrected chi connectivity index (χ0v) is 21.5. The van der Waals surface area contributed by atoms with Crippen molar-refractivity contribution in [2.75, 3.05) is 26.2 Å². The molecule has 2 aromatic carbocycles. The maximum absolute atomic E-state index is 15.0. The normalized spacial score (nSPS) is 13.9. The van der Waals surface area contributed by atoms with Crippen molar-refractivity contribution in [2.24, 2.45) is 0 Å². The van der Waals surface area contributed by atoms with Gasteiger partial charge in [0, 0.05) is 48.2 Å². The molecule has 8 heteroatoms. The lowest BCUT2D eigenvalue weighted by atomic mass is 10.0. The molecule has 0 saturated carbocycles. The van der Waals surface area contributed by atoms with Gasteiger partial charge >= 0.3 is 0 Å². The molecular formula is C31H29F2N5O. The van der Waals surface area contributed by atoms with Crippen LogP contribution in [-0.2, 0) is 6.42 Å². The van der Waals surface area contributed by atoms with E-state index in [0.717, 1.165) is 48.2 Å². The van der Waals surface area contributed by atoms with Crippen LogP contribution in [0.4, 0.5) is 8.78 Å². The van der Waals surface area contributed by atoms with Crippen LogP contribution in [0.5, 0.6) is 0 Å². The van der Waals surface area contributed by atoms with E-state index in [0.29, 0.717) is 24.1 Å². The van der Waals surface area contributed by atoms with E-state index in [-0.39, 0.29) is 11.2 Å². The second-order valence-corrected chi connectivity index (χ2v) is 10.1. The standard InChI is InChI=1S/C31H29F2N5O/c32-27-17-22(7-8-26(27)31(39)35-11-4-14-37-12-1-2-13-37)24-18-28(33)30-36-19-25(38(30)20-24)16-21-6-9-29-23(15-21)5-3-10-34-29/h3,5-10,15,17-20H,1-2,4,11-14,16H2,(H,35,39). The van der Waals surface area contributed by atoms with Gasteiger partial charge in [-0.2, -0.15) is 0 Å². The van der Waals surface area contributed by atoms with Gasteiger partial charge in [-0.25, -0.2) is 13.8 Å². The second-order valence-electron chi connectivity index (χ2n) is 10.1. The van der Waals surface area contributed by atoms with Gasteiger partial charge in [0.2, 0.25) is 0 Å². The molecule has 1 amide bonds. The number of pyridine rings is 2. The smallest absolute Gasteiger partial charge is 0.254 e. The molecule has 6 rings (SSSR count). The Balaban J connectivity index is 1.20. The lowest BCUT2D eigenvalue weighted by molar-refractivity contribution is 0.0948. The molecule has 0 bridgehead atoms. The first-order chi connectivity index (χ1) is 19.0. The highest BCUT2D eigenvalue weighted by Crippen LogP contribution is 2.26. The Morgan fingerprint density at radius 3 is 2.64 bits per heavy atom. The Morgan fingerprint density at radius 1 is 0.949 bits per heavy atom. The molecule has 0 spiro atoms. The van der Waals surface area contributed by atoms with Crippen molar-refractivity contribution < 1.29 is 13.6 Å². The van der Waals surface area contributed by atoms with Gasteiger partial charge in [0.25, 0.3) is 5.91 Å². The molecule has 1 aliphatic rings. The molecule has 0 aliphatic carbocycles. The molecule has 0 unspecified atom stereocenters. The van der Waals surface area contributed by atoms with Crippen molar-refractivity contribution in [2.45, 2.75) is 25.7 Å². The van der Waals surface area contributed by atoms with Gasteiger partial charge in [-0.3, -0.25) is 9.78 Å². The van der Waals surface area contributed by atoms with E-state index in [9.17, 15) is 4.79 Å². The molecule has 0 radical (unpaired) electrons. The maximum atomic E-state index is 15.0. The number of carbonyl (C=O) groups is 1. The molecule has 1 aliphatic heterocycles. The third-order valence-electron chi connectivity index (χ3n) is 7.37. The predicted octanol–water partition coefficient (Wildman–Crippen LogP) is 5.63. The van der Waals surface area contributed by atoms with E-state index in [1.807, 2.05) is 24.3 Å². The lowest BCUT2D eigenvalue weighted by Gasteiger charge is -2.14. The predicted molar refractivity (Wildman–Crippen MR) is 148 cm³/mol. The Hall–Kier alpha value is -4.17. The Bertz CT molecular complexity index is 1660. The van der Waals surface area contributed by atoms with Crippen molar-refractivity contribution in [3.63, 3.8) is 0 Å². The molecule has 198 valence electrons. The molecule has 6 nitrogen and oxygen atoms in total. The van der Waals surface area contributed by atoms with E-state index >= 15 is 8.78 Å². The summed E-state index contributed by atoms with van der Waals surface area (Å²) in [5.41, 5.74) is 3.93. The van der Waals surface area contributed by atoms with Crippen molar-refractivity contribution in [1.82, 2.24) is 24.6 Å². The molecule has 0 atom stereocenters. The van der Waals surface area contributed by atoms with Crippen molar-refractivity contribution >= 4 is 22.5 Å². The van der Waals surface area contributed by atoms with E-state index in [1.165, 1.54) is 31.0 Å². The molecule has 4 heterocycles. The minimum Gasteiger partial charge on any atom is -0.352 e. The Morgan fingerprint density at radius 2 is 1.79 bits per heavy atom. The first kappa shape index (κ1) is 25.1. The van der Waals surface area contributed by atoms with E-state index in [4.69, 9.17) is 0 Å². The van der Waals surface area contributed by atoms with Gasteiger partial charge in [-0.05, 0) is 86.4 Å². The number of hydrogen-bond acceptors (Lipinski definition) is 4. The number of fused-ring (bicyclic) bond motifs is 2. The lowest BCUT2D eigenvalue weighted by Crippen LogP contribution is -2.29. The van der Waals surface area contributed by atoms with Gasteiger partial charge in [0.05, 0.1) is 11.1 Å². The van der Waals surface area contributed by atoms with Crippen molar-refractivity contribution in [1.29, 1.82) is 0 Å². The highest BCUT2D eigenvalue weighted by molar-refractivity contribution is 5.95. The van der Waals surface area contributed by atoms with Crippen LogP contribution in [0.3, 0.4) is 0 Å². The number of rotatable bonds is 8. The SMILES string of the molecule is O=C(NCCCN1CCCC1)c1ccc(-c2cc(F)c3ncc(Cc4ccc5ncccc5c4)n3c2)cc1F. The fraction of sp³-hybridized carbons (Fsp3) is 0.258. The van der Waals surface area contributed by atoms with Gasteiger partial charge in [-0.15, -0.1) is 0 Å². The third-order valence-corrected chi connectivity index (χ3v) is 7.37. The van der Waals surface area contributed by atoms with Crippen LogP contribution in [-0.4, -0.2) is 51.4 Å². The zero-order chi connectivity index (χ0) is 26.8. The number of carbonyl (C=O) groups excluding carboxylic acids is 1. The van der Waals surface area contributed by atoms with Gasteiger partial charge in [0.15, 0.2) is 11.5 Å². The van der Waals surface area contributed by atoms with Crippen LogP contribution < -0.4 is 5.32 Å². The van der Waals surface area contributed by atoms with Gasteiger partial charge in [0.1, 0.15) is 5.82 Å². The minimum atomic E-state index is -0.638. The van der Waals surface area contributed by atoms with Crippen LogP contribution in [0.2, 0.25) is 0 Å². The molecule has 3 aromatic heterocycles. The number of nitrogens with zero attached hydrogens (tertiary/aromatic N) is 4. The van der Waals surface area contributed by atoms with Crippen LogP contribution in [0.1, 0.15) is 40.9 Å². The number of imidazole rings is 1. The Kier molecular flexibility index (Phi) is 7.02. The summed E-state index contributed by atoms with van der Waals surface area (Å²) in [7, 11) is 0. The summed E-state index contributed by atoms with van der Waals surface area (Å²) in [6, 6.07) is 15.7. The monoisotopic (exact) mass is 525 g/mol. The quantitative estimate of drug-likeness (QED) is 0.267. The summed E-state index contributed by atoms with van der Waals surface area (Å²) in [4.78, 5) is 23.6. The number of amides is 1. The highest BCUT2D eigenvalue weighted by atomic mass is 19.1. The maximum Gasteiger partial charge on any atom is 0.254 e. The first-order valence-corrected chi connectivity index (χ1v) is 13.3. The van der Waals surface area contributed by atoms with Crippen LogP contribution in [0, 0.1) is 11.6 Å². The summed E-state index contributed by atoms with van der Waals surface area (Å²) in [6.07, 6.45) is 9.00. The average molecular weight is 526 g/mol. The largest absolute Gasteiger partial charge is 0.352 e. The fourth-order valence-electron chi connectivity index (χ4n) is 5.31. The second kappa shape index (κ2) is 10.9. The number of halogens is 2. The Labute approximate surface area is 225 Å². The average Bonchev–Trinajstić information content (AvgIpc) is 3.61. The molecule has 1 saturated heterocycles. The van der Waals surface area contributed by atoms with E-state index < -0.39 is 17.5 Å². The van der Waals surface area contributed by atoms with E-state index in [1.54, 1.807) is 29.1 Å². The number of likely N-dealkylation sites (tertiary alicyclic amines) is 1. The van der Waals surface area contributed by atoms with Gasteiger partial charge < -0.3 is 14.6 Å². The molecule has 1 fully saturated rings. The van der Waals surface area contributed by atoms with E-state index in [2.05, 4.69) is 26.3 Å². The molecular weight excluding hydrogens is 496 g/mol. The van der Waals surface area contributed by atoms with Crippen molar-refractivity contribution in [3.05, 3.63) is 102 Å². The molecule has 5 aromatic rings. The number of hydrogen-bond donors (Lipinski definition) is 1. The highest BCUT2D eigenvalue weighted by Gasteiger charge is 2.16.